The van der Waals surface area contributed by atoms with Crippen molar-refractivity contribution in [1.82, 2.24) is 10.2 Å². The van der Waals surface area contributed by atoms with Gasteiger partial charge >= 0.3 is 12.1 Å². The van der Waals surface area contributed by atoms with Gasteiger partial charge in [0.05, 0.1) is 26.4 Å². The number of methoxy groups -OCH3 is 2. The first kappa shape index (κ1) is 19.7. The van der Waals surface area contributed by atoms with Crippen LogP contribution in [-0.4, -0.2) is 74.9 Å². The van der Waals surface area contributed by atoms with Gasteiger partial charge in [0.2, 0.25) is 0 Å². The molecule has 1 N–H and O–H groups in total. The lowest BCUT2D eigenvalue weighted by Crippen LogP contribution is -2.60. The van der Waals surface area contributed by atoms with Gasteiger partial charge in [-0.15, -0.1) is 0 Å². The Kier molecular flexibility index (Phi) is 7.24. The van der Waals surface area contributed by atoms with Gasteiger partial charge in [0.1, 0.15) is 11.6 Å². The Morgan fingerprint density at radius 1 is 1.30 bits per heavy atom. The van der Waals surface area contributed by atoms with Gasteiger partial charge in [0.15, 0.2) is 6.23 Å². The number of carbonyl (C=O) groups is 2. The van der Waals surface area contributed by atoms with Crippen molar-refractivity contribution >= 4 is 12.1 Å². The van der Waals surface area contributed by atoms with E-state index in [0.717, 1.165) is 0 Å². The molecule has 0 radical (unpaired) electrons. The molecule has 8 nitrogen and oxygen atoms in total. The summed E-state index contributed by atoms with van der Waals surface area (Å²) in [5.41, 5.74) is -0.606. The second-order valence-corrected chi connectivity index (χ2v) is 6.42. The highest BCUT2D eigenvalue weighted by Gasteiger charge is 2.38. The van der Waals surface area contributed by atoms with Gasteiger partial charge in [-0.05, 0) is 27.7 Å². The third-order valence-electron chi connectivity index (χ3n) is 3.37. The molecule has 0 bridgehead atoms. The fourth-order valence-corrected chi connectivity index (χ4v) is 2.19. The Bertz CT molecular complexity index is 409. The molecule has 134 valence electrons. The standard InChI is InChI=1S/C15H28N2O6/c1-10(13(18)21-6)16-7-11-8-22-9-12(20-5)17(11)14(19)23-15(2,3)4/h10-12,16H,7-9H2,1-6H3/t10-,11?,12?/m0/s1. The number of hydrogen-bond donors (Lipinski definition) is 1. The minimum absolute atomic E-state index is 0.277. The third kappa shape index (κ3) is 5.96. The van der Waals surface area contributed by atoms with Crippen molar-refractivity contribution in [3.8, 4) is 0 Å². The second kappa shape index (κ2) is 8.47. The minimum Gasteiger partial charge on any atom is -0.468 e. The van der Waals surface area contributed by atoms with Crippen molar-refractivity contribution < 1.29 is 28.5 Å². The van der Waals surface area contributed by atoms with Crippen LogP contribution in [0.2, 0.25) is 0 Å². The Morgan fingerprint density at radius 2 is 1.96 bits per heavy atom. The first-order valence-corrected chi connectivity index (χ1v) is 7.62. The number of morpholine rings is 1. The molecule has 1 amide bonds. The number of ether oxygens (including phenoxy) is 4. The zero-order valence-corrected chi connectivity index (χ0v) is 14.8. The van der Waals surface area contributed by atoms with Crippen molar-refractivity contribution in [3.05, 3.63) is 0 Å². The van der Waals surface area contributed by atoms with E-state index in [1.165, 1.54) is 19.1 Å². The topological polar surface area (TPSA) is 86.3 Å². The molecule has 8 heteroatoms. The maximum atomic E-state index is 12.5. The Hall–Kier alpha value is -1.38. The average Bonchev–Trinajstić information content (AvgIpc) is 2.49. The molecule has 1 rings (SSSR count). The molecule has 0 aromatic carbocycles. The SMILES string of the molecule is COC(=O)[C@H](C)NCC1COCC(OC)N1C(=O)OC(C)(C)C. The molecule has 1 fully saturated rings. The van der Waals surface area contributed by atoms with Crippen LogP contribution in [0, 0.1) is 0 Å². The molecule has 23 heavy (non-hydrogen) atoms. The molecule has 2 unspecified atom stereocenters. The predicted molar refractivity (Wildman–Crippen MR) is 83.0 cm³/mol. The lowest BCUT2D eigenvalue weighted by Gasteiger charge is -2.41. The summed E-state index contributed by atoms with van der Waals surface area (Å²) in [5.74, 6) is -0.367. The largest absolute Gasteiger partial charge is 0.468 e. The molecule has 0 aromatic rings. The zero-order valence-electron chi connectivity index (χ0n) is 14.8. The van der Waals surface area contributed by atoms with Crippen molar-refractivity contribution in [2.45, 2.75) is 51.6 Å². The Balaban J connectivity index is 2.76. The summed E-state index contributed by atoms with van der Waals surface area (Å²) >= 11 is 0. The number of hydrogen-bond acceptors (Lipinski definition) is 7. The van der Waals surface area contributed by atoms with Crippen LogP contribution >= 0.6 is 0 Å². The third-order valence-corrected chi connectivity index (χ3v) is 3.37. The van der Waals surface area contributed by atoms with Crippen molar-refractivity contribution in [1.29, 1.82) is 0 Å². The van der Waals surface area contributed by atoms with E-state index >= 15 is 0 Å². The summed E-state index contributed by atoms with van der Waals surface area (Å²) in [7, 11) is 2.84. The van der Waals surface area contributed by atoms with E-state index in [0.29, 0.717) is 13.2 Å². The van der Waals surface area contributed by atoms with Crippen LogP contribution in [0.5, 0.6) is 0 Å². The molecule has 0 aliphatic carbocycles. The average molecular weight is 332 g/mol. The summed E-state index contributed by atoms with van der Waals surface area (Å²) in [4.78, 5) is 25.5. The summed E-state index contributed by atoms with van der Waals surface area (Å²) in [5, 5.41) is 3.04. The van der Waals surface area contributed by atoms with E-state index in [4.69, 9.17) is 14.2 Å². The predicted octanol–water partition coefficient (Wildman–Crippen LogP) is 0.746. The molecule has 0 saturated carbocycles. The van der Waals surface area contributed by atoms with E-state index < -0.39 is 24.0 Å². The van der Waals surface area contributed by atoms with Crippen molar-refractivity contribution in [3.63, 3.8) is 0 Å². The summed E-state index contributed by atoms with van der Waals surface area (Å²) in [6, 6.07) is -0.793. The lowest BCUT2D eigenvalue weighted by molar-refractivity contribution is -0.147. The highest BCUT2D eigenvalue weighted by Crippen LogP contribution is 2.19. The number of esters is 1. The summed E-state index contributed by atoms with van der Waals surface area (Å²) in [6.07, 6.45) is -0.996. The first-order chi connectivity index (χ1) is 10.7. The molecular weight excluding hydrogens is 304 g/mol. The van der Waals surface area contributed by atoms with Gasteiger partial charge in [0.25, 0.3) is 0 Å². The number of nitrogens with zero attached hydrogens (tertiary/aromatic N) is 1. The van der Waals surface area contributed by atoms with Crippen LogP contribution in [0.25, 0.3) is 0 Å². The normalized spacial score (nSPS) is 23.3. The Labute approximate surface area is 137 Å². The Morgan fingerprint density at radius 3 is 2.48 bits per heavy atom. The monoisotopic (exact) mass is 332 g/mol. The van der Waals surface area contributed by atoms with Gasteiger partial charge in [-0.25, -0.2) is 4.79 Å². The van der Waals surface area contributed by atoms with E-state index in [1.54, 1.807) is 27.7 Å². The summed E-state index contributed by atoms with van der Waals surface area (Å²) in [6.45, 7) is 8.08. The quantitative estimate of drug-likeness (QED) is 0.743. The van der Waals surface area contributed by atoms with Gasteiger partial charge in [0, 0.05) is 13.7 Å². The molecule has 1 aliphatic rings. The van der Waals surface area contributed by atoms with Crippen LogP contribution in [0.4, 0.5) is 4.79 Å². The second-order valence-electron chi connectivity index (χ2n) is 6.42. The maximum Gasteiger partial charge on any atom is 0.412 e. The molecule has 0 aromatic heterocycles. The van der Waals surface area contributed by atoms with Crippen LogP contribution in [0.3, 0.4) is 0 Å². The smallest absolute Gasteiger partial charge is 0.412 e. The van der Waals surface area contributed by atoms with Gasteiger partial charge in [-0.2, -0.15) is 0 Å². The fourth-order valence-electron chi connectivity index (χ4n) is 2.19. The van der Waals surface area contributed by atoms with Gasteiger partial charge < -0.3 is 24.3 Å². The number of nitrogens with one attached hydrogen (secondary N) is 1. The molecule has 1 heterocycles. The van der Waals surface area contributed by atoms with Gasteiger partial charge in [-0.1, -0.05) is 0 Å². The maximum absolute atomic E-state index is 12.5. The van der Waals surface area contributed by atoms with E-state index in [1.807, 2.05) is 0 Å². The first-order valence-electron chi connectivity index (χ1n) is 7.62. The van der Waals surface area contributed by atoms with Crippen molar-refractivity contribution in [2.75, 3.05) is 34.0 Å². The van der Waals surface area contributed by atoms with Crippen LogP contribution < -0.4 is 5.32 Å². The molecule has 3 atom stereocenters. The van der Waals surface area contributed by atoms with E-state index in [2.05, 4.69) is 10.1 Å². The van der Waals surface area contributed by atoms with Crippen LogP contribution in [0.1, 0.15) is 27.7 Å². The number of rotatable bonds is 5. The molecule has 1 aliphatic heterocycles. The molecule has 0 spiro atoms. The van der Waals surface area contributed by atoms with Crippen LogP contribution in [-0.2, 0) is 23.7 Å². The molecule has 1 saturated heterocycles. The minimum atomic E-state index is -0.606. The van der Waals surface area contributed by atoms with E-state index in [-0.39, 0.29) is 18.6 Å². The number of amides is 1. The van der Waals surface area contributed by atoms with E-state index in [9.17, 15) is 9.59 Å². The number of carbonyl (C=O) groups excluding carboxylic acids is 2. The van der Waals surface area contributed by atoms with Gasteiger partial charge in [-0.3, -0.25) is 9.69 Å². The van der Waals surface area contributed by atoms with Crippen molar-refractivity contribution in [2.24, 2.45) is 0 Å². The highest BCUT2D eigenvalue weighted by molar-refractivity contribution is 5.75. The zero-order chi connectivity index (χ0) is 17.6. The van der Waals surface area contributed by atoms with Crippen LogP contribution in [0.15, 0.2) is 0 Å². The summed E-state index contributed by atoms with van der Waals surface area (Å²) < 4.78 is 20.9. The highest BCUT2D eigenvalue weighted by atomic mass is 16.6. The molecular formula is C15H28N2O6. The fraction of sp³-hybridized carbons (Fsp3) is 0.867. The lowest BCUT2D eigenvalue weighted by atomic mass is 10.2.